The number of aromatic amines is 1. The zero-order chi connectivity index (χ0) is 39.2. The number of aliphatic hydroxyl groups is 1. The number of nitriles is 1. The van der Waals surface area contributed by atoms with Gasteiger partial charge in [0.25, 0.3) is 0 Å². The summed E-state index contributed by atoms with van der Waals surface area (Å²) in [5, 5.41) is 22.6. The number of nitrogens with two attached hydrogens (primary N) is 1. The lowest BCUT2D eigenvalue weighted by Gasteiger charge is -2.37. The fraction of sp³-hybridized carbons (Fsp3) is 0.163. The van der Waals surface area contributed by atoms with Crippen molar-refractivity contribution in [3.63, 3.8) is 0 Å². The number of benzene rings is 4. The van der Waals surface area contributed by atoms with Gasteiger partial charge in [-0.2, -0.15) is 5.26 Å². The molecule has 4 aromatic carbocycles. The van der Waals surface area contributed by atoms with E-state index >= 15 is 0 Å². The van der Waals surface area contributed by atoms with E-state index in [0.29, 0.717) is 24.0 Å². The molecule has 54 heavy (non-hydrogen) atoms. The van der Waals surface area contributed by atoms with Gasteiger partial charge < -0.3 is 31.3 Å². The first kappa shape index (κ1) is 41.7. The summed E-state index contributed by atoms with van der Waals surface area (Å²) in [5.41, 5.74) is 10.4. The van der Waals surface area contributed by atoms with Crippen LogP contribution < -0.4 is 16.4 Å². The summed E-state index contributed by atoms with van der Waals surface area (Å²) < 4.78 is 0. The highest BCUT2D eigenvalue weighted by Gasteiger charge is 2.37. The van der Waals surface area contributed by atoms with Crippen molar-refractivity contribution in [1.29, 1.82) is 5.26 Å². The molecule has 0 saturated carbocycles. The quantitative estimate of drug-likeness (QED) is 0.0837. The predicted molar refractivity (Wildman–Crippen MR) is 209 cm³/mol. The van der Waals surface area contributed by atoms with Gasteiger partial charge in [-0.1, -0.05) is 109 Å². The number of aromatic nitrogens is 2. The first-order chi connectivity index (χ1) is 26.4. The highest BCUT2D eigenvalue weighted by atomic mass is 16.2. The average Bonchev–Trinajstić information content (AvgIpc) is 3.65. The van der Waals surface area contributed by atoms with Crippen molar-refractivity contribution in [3.05, 3.63) is 173 Å². The van der Waals surface area contributed by atoms with Crippen LogP contribution in [0.15, 0.2) is 140 Å². The number of hydrogen-bond acceptors (Lipinski definition) is 8. The molecule has 2 amide bonds. The van der Waals surface area contributed by atoms with Crippen LogP contribution in [0.1, 0.15) is 51.1 Å². The van der Waals surface area contributed by atoms with Crippen LogP contribution in [0.2, 0.25) is 0 Å². The van der Waals surface area contributed by atoms with Gasteiger partial charge in [-0.25, -0.2) is 4.98 Å². The van der Waals surface area contributed by atoms with Crippen molar-refractivity contribution >= 4 is 35.3 Å². The molecule has 0 aliphatic heterocycles. The number of rotatable bonds is 12. The number of carbonyl (C=O) groups excluding carboxylic acids is 4. The summed E-state index contributed by atoms with van der Waals surface area (Å²) in [6.45, 7) is 0. The second-order valence-corrected chi connectivity index (χ2v) is 11.6. The van der Waals surface area contributed by atoms with Crippen molar-refractivity contribution in [2.45, 2.75) is 30.8 Å². The minimum atomic E-state index is -0.816. The summed E-state index contributed by atoms with van der Waals surface area (Å²) in [6, 6.07) is 42.3. The molecule has 1 unspecified atom stereocenters. The van der Waals surface area contributed by atoms with E-state index in [9.17, 15) is 19.2 Å². The number of para-hydroxylation sites is 1. The van der Waals surface area contributed by atoms with Crippen LogP contribution in [0.25, 0.3) is 10.9 Å². The van der Waals surface area contributed by atoms with E-state index in [4.69, 9.17) is 16.1 Å². The third-order valence-corrected chi connectivity index (χ3v) is 8.26. The molecule has 0 bridgehead atoms. The fourth-order valence-electron chi connectivity index (χ4n) is 5.65. The normalized spacial score (nSPS) is 10.7. The van der Waals surface area contributed by atoms with E-state index in [1.165, 1.54) is 12.3 Å². The van der Waals surface area contributed by atoms with Gasteiger partial charge in [0, 0.05) is 48.8 Å². The van der Waals surface area contributed by atoms with Crippen LogP contribution in [0, 0.1) is 11.3 Å². The maximum atomic E-state index is 12.7. The van der Waals surface area contributed by atoms with Gasteiger partial charge in [0.15, 0.2) is 6.29 Å². The zero-order valence-corrected chi connectivity index (χ0v) is 30.2. The molecule has 6 rings (SSSR count). The molecular weight excluding hydrogens is 681 g/mol. The monoisotopic (exact) mass is 724 g/mol. The Labute approximate surface area is 314 Å². The standard InChI is InChI=1S/C23H21NO2.C12H15N3O.C7H4N2O.CH4O/c25-18-10-17-22(26)24-23(19-11-4-1-5-12-19,20-13-6-2-7-14-20)21-15-8-3-9-16-21;1-14-11(12(13)16)6-8-7-15-10-5-3-2-4-9(8)10;8-3-7-2-1-6(5-10)4-9-7;1-2/h1-9,11-16,18H,10,17H2,(H,24,26);2-5,7,11,14-15H,6H2,1H3,(H2,13,16);1-2,4-5H;2H,1H3. The summed E-state index contributed by atoms with van der Waals surface area (Å²) >= 11 is 0. The van der Waals surface area contributed by atoms with Crippen LogP contribution >= 0.6 is 0 Å². The molecule has 11 heteroatoms. The number of pyridine rings is 1. The van der Waals surface area contributed by atoms with E-state index in [1.54, 1.807) is 13.1 Å². The van der Waals surface area contributed by atoms with Gasteiger partial charge in [-0.3, -0.25) is 14.4 Å². The van der Waals surface area contributed by atoms with Gasteiger partial charge in [0.2, 0.25) is 11.8 Å². The Morgan fingerprint density at radius 3 is 1.83 bits per heavy atom. The zero-order valence-electron chi connectivity index (χ0n) is 30.2. The van der Waals surface area contributed by atoms with Crippen molar-refractivity contribution in [3.8, 4) is 6.07 Å². The van der Waals surface area contributed by atoms with Crippen LogP contribution in [0.3, 0.4) is 0 Å². The minimum absolute atomic E-state index is 0.159. The van der Waals surface area contributed by atoms with Crippen molar-refractivity contribution in [1.82, 2.24) is 20.6 Å². The molecule has 0 radical (unpaired) electrons. The van der Waals surface area contributed by atoms with Crippen LogP contribution in [-0.4, -0.2) is 59.7 Å². The topological polar surface area (TPSA) is 191 Å². The van der Waals surface area contributed by atoms with Crippen LogP contribution in [0.5, 0.6) is 0 Å². The summed E-state index contributed by atoms with van der Waals surface area (Å²) in [6.07, 6.45) is 5.74. The van der Waals surface area contributed by atoms with E-state index in [0.717, 1.165) is 46.6 Å². The lowest BCUT2D eigenvalue weighted by atomic mass is 9.77. The van der Waals surface area contributed by atoms with Gasteiger partial charge in [-0.05, 0) is 53.9 Å². The SMILES string of the molecule is CNC(Cc1c[nH]c2ccccc12)C(N)=O.CO.N#Cc1ccc(C=O)cn1.O=CCCC(=O)NC(c1ccccc1)(c1ccccc1)c1ccccc1. The second kappa shape index (κ2) is 22.3. The molecule has 0 aliphatic carbocycles. The van der Waals surface area contributed by atoms with Crippen molar-refractivity contribution in [2.24, 2.45) is 5.73 Å². The molecule has 2 heterocycles. The maximum absolute atomic E-state index is 12.7. The number of fused-ring (bicyclic) bond motifs is 1. The van der Waals surface area contributed by atoms with Gasteiger partial charge in [0.05, 0.1) is 6.04 Å². The number of nitrogens with zero attached hydrogens (tertiary/aromatic N) is 2. The van der Waals surface area contributed by atoms with E-state index in [2.05, 4.69) is 20.6 Å². The lowest BCUT2D eigenvalue weighted by molar-refractivity contribution is -0.123. The number of H-pyrrole nitrogens is 1. The number of hydrogen-bond donors (Lipinski definition) is 5. The molecular formula is C43H44N6O5. The van der Waals surface area contributed by atoms with Crippen molar-refractivity contribution < 1.29 is 24.3 Å². The highest BCUT2D eigenvalue weighted by molar-refractivity contribution is 5.85. The predicted octanol–water partition coefficient (Wildman–Crippen LogP) is 5.23. The molecule has 0 fully saturated rings. The number of amides is 2. The Morgan fingerprint density at radius 1 is 0.852 bits per heavy atom. The second-order valence-electron chi connectivity index (χ2n) is 11.6. The molecule has 0 saturated heterocycles. The minimum Gasteiger partial charge on any atom is -0.400 e. The van der Waals surface area contributed by atoms with Gasteiger partial charge >= 0.3 is 0 Å². The first-order valence-corrected chi connectivity index (χ1v) is 17.0. The number of likely N-dealkylation sites (N-methyl/N-ethyl adjacent to an activating group) is 1. The third kappa shape index (κ3) is 11.4. The van der Waals surface area contributed by atoms with Crippen molar-refractivity contribution in [2.75, 3.05) is 14.2 Å². The molecule has 6 aromatic rings. The highest BCUT2D eigenvalue weighted by Crippen LogP contribution is 2.36. The number of primary amides is 1. The van der Waals surface area contributed by atoms with Crippen LogP contribution in [-0.2, 0) is 26.3 Å². The maximum Gasteiger partial charge on any atom is 0.234 e. The molecule has 0 aliphatic rings. The number of nitrogens with one attached hydrogen (secondary N) is 3. The number of carbonyl (C=O) groups is 4. The van der Waals surface area contributed by atoms with E-state index in [-0.39, 0.29) is 30.7 Å². The summed E-state index contributed by atoms with van der Waals surface area (Å²) in [5.74, 6) is -0.485. The van der Waals surface area contributed by atoms with Gasteiger partial charge in [0.1, 0.15) is 23.6 Å². The Balaban J connectivity index is 0.000000237. The molecule has 2 aromatic heterocycles. The Hall–Kier alpha value is -6.74. The van der Waals surface area contributed by atoms with Gasteiger partial charge in [-0.15, -0.1) is 0 Å². The van der Waals surface area contributed by atoms with E-state index < -0.39 is 5.54 Å². The number of aldehydes is 2. The molecule has 6 N–H and O–H groups in total. The average molecular weight is 725 g/mol. The Kier molecular flexibility index (Phi) is 17.2. The Bertz CT molecular complexity index is 1980. The number of aliphatic hydroxyl groups excluding tert-OH is 1. The van der Waals surface area contributed by atoms with E-state index in [1.807, 2.05) is 128 Å². The largest absolute Gasteiger partial charge is 0.400 e. The molecule has 276 valence electrons. The molecule has 0 spiro atoms. The molecule has 11 nitrogen and oxygen atoms in total. The summed E-state index contributed by atoms with van der Waals surface area (Å²) in [4.78, 5) is 51.5. The van der Waals surface area contributed by atoms with Crippen LogP contribution in [0.4, 0.5) is 0 Å². The third-order valence-electron chi connectivity index (χ3n) is 8.26. The smallest absolute Gasteiger partial charge is 0.234 e. The molecule has 1 atom stereocenters. The lowest BCUT2D eigenvalue weighted by Crippen LogP contribution is -2.47. The fourth-order valence-corrected chi connectivity index (χ4v) is 5.65. The Morgan fingerprint density at radius 2 is 1.39 bits per heavy atom. The summed E-state index contributed by atoms with van der Waals surface area (Å²) in [7, 11) is 2.74. The first-order valence-electron chi connectivity index (χ1n) is 17.0.